The molecule has 5 nitrogen and oxygen atoms in total. The summed E-state index contributed by atoms with van der Waals surface area (Å²) in [4.78, 5) is 37.3. The number of nitrogens with zero attached hydrogens (tertiary/aromatic N) is 1. The molecule has 0 radical (unpaired) electrons. The standard InChI is InChI=1S/C16H13NO4/c1-8(18)21-14-7-13(11-6-12(11)14)17-15(19)9-4-2-3-5-10(9)16(17)20/h2-6,12-14H,7H2,1H3/t12-,13+,14+/m0/s1. The van der Waals surface area contributed by atoms with Crippen LogP contribution in [0.4, 0.5) is 0 Å². The first-order chi connectivity index (χ1) is 10.1. The molecule has 0 N–H and O–H groups in total. The second kappa shape index (κ2) is 4.04. The van der Waals surface area contributed by atoms with Gasteiger partial charge in [-0.25, -0.2) is 0 Å². The van der Waals surface area contributed by atoms with E-state index in [9.17, 15) is 14.4 Å². The summed E-state index contributed by atoms with van der Waals surface area (Å²) in [6.07, 6.45) is 2.24. The van der Waals surface area contributed by atoms with Crippen LogP contribution in [0.5, 0.6) is 0 Å². The maximum absolute atomic E-state index is 12.5. The third-order valence-corrected chi connectivity index (χ3v) is 4.34. The number of esters is 1. The molecule has 1 heterocycles. The van der Waals surface area contributed by atoms with Crippen LogP contribution in [-0.2, 0) is 9.53 Å². The Morgan fingerprint density at radius 3 is 2.38 bits per heavy atom. The van der Waals surface area contributed by atoms with Crippen molar-refractivity contribution < 1.29 is 19.1 Å². The van der Waals surface area contributed by atoms with E-state index in [-0.39, 0.29) is 35.8 Å². The van der Waals surface area contributed by atoms with E-state index in [1.54, 1.807) is 24.3 Å². The normalized spacial score (nSPS) is 29.1. The fourth-order valence-electron chi connectivity index (χ4n) is 3.40. The van der Waals surface area contributed by atoms with Crippen molar-refractivity contribution in [3.05, 3.63) is 47.0 Å². The SMILES string of the molecule is CC(=O)O[C@@H]1C[C@@H](N2C(=O)c3ccccc3C2=O)C2=C[C@@H]21. The number of hydrogen-bond acceptors (Lipinski definition) is 4. The molecular formula is C16H13NO4. The summed E-state index contributed by atoms with van der Waals surface area (Å²) >= 11 is 0. The van der Waals surface area contributed by atoms with Crippen molar-refractivity contribution >= 4 is 17.8 Å². The van der Waals surface area contributed by atoms with Gasteiger partial charge in [0, 0.05) is 19.3 Å². The molecule has 3 aliphatic rings. The molecule has 1 aromatic carbocycles. The van der Waals surface area contributed by atoms with Gasteiger partial charge in [-0.05, 0) is 17.7 Å². The zero-order valence-electron chi connectivity index (χ0n) is 11.4. The Labute approximate surface area is 121 Å². The maximum atomic E-state index is 12.5. The Kier molecular flexibility index (Phi) is 2.37. The minimum atomic E-state index is -0.331. The quantitative estimate of drug-likeness (QED) is 0.469. The van der Waals surface area contributed by atoms with Crippen LogP contribution in [0.1, 0.15) is 34.1 Å². The van der Waals surface area contributed by atoms with Gasteiger partial charge in [-0.3, -0.25) is 19.3 Å². The zero-order chi connectivity index (χ0) is 14.7. The predicted molar refractivity (Wildman–Crippen MR) is 72.5 cm³/mol. The van der Waals surface area contributed by atoms with Gasteiger partial charge < -0.3 is 4.74 Å². The molecule has 0 spiro atoms. The largest absolute Gasteiger partial charge is 0.461 e. The van der Waals surface area contributed by atoms with Gasteiger partial charge in [0.2, 0.25) is 0 Å². The molecule has 0 saturated heterocycles. The number of imide groups is 1. The molecule has 2 amide bonds. The molecule has 1 aliphatic heterocycles. The summed E-state index contributed by atoms with van der Waals surface area (Å²) in [5.74, 6) is -0.739. The number of amides is 2. The van der Waals surface area contributed by atoms with Crippen LogP contribution in [0.2, 0.25) is 0 Å². The molecular weight excluding hydrogens is 270 g/mol. The van der Waals surface area contributed by atoms with Crippen molar-refractivity contribution in [1.29, 1.82) is 0 Å². The Morgan fingerprint density at radius 2 is 1.81 bits per heavy atom. The van der Waals surface area contributed by atoms with E-state index >= 15 is 0 Å². The molecule has 1 fully saturated rings. The first-order valence-corrected chi connectivity index (χ1v) is 6.93. The lowest BCUT2D eigenvalue weighted by molar-refractivity contribution is -0.146. The lowest BCUT2D eigenvalue weighted by atomic mass is 10.1. The van der Waals surface area contributed by atoms with Crippen LogP contribution >= 0.6 is 0 Å². The summed E-state index contributed by atoms with van der Waals surface area (Å²) in [7, 11) is 0. The van der Waals surface area contributed by atoms with E-state index in [2.05, 4.69) is 0 Å². The fourth-order valence-corrected chi connectivity index (χ4v) is 3.40. The smallest absolute Gasteiger partial charge is 0.302 e. The molecule has 1 aromatic rings. The molecule has 5 heteroatoms. The fraction of sp³-hybridized carbons (Fsp3) is 0.312. The van der Waals surface area contributed by atoms with Crippen LogP contribution in [0.3, 0.4) is 0 Å². The number of rotatable bonds is 2. The molecule has 0 unspecified atom stereocenters. The van der Waals surface area contributed by atoms with Gasteiger partial charge in [-0.2, -0.15) is 0 Å². The van der Waals surface area contributed by atoms with Crippen LogP contribution in [-0.4, -0.2) is 34.8 Å². The number of hydrogen-bond donors (Lipinski definition) is 0. The van der Waals surface area contributed by atoms with Gasteiger partial charge in [0.25, 0.3) is 11.8 Å². The lowest BCUT2D eigenvalue weighted by Crippen LogP contribution is -2.39. The third kappa shape index (κ3) is 1.67. The summed E-state index contributed by atoms with van der Waals surface area (Å²) in [6, 6.07) is 6.58. The van der Waals surface area contributed by atoms with Gasteiger partial charge in [0.15, 0.2) is 0 Å². The van der Waals surface area contributed by atoms with Crippen molar-refractivity contribution in [2.24, 2.45) is 5.92 Å². The molecule has 0 bridgehead atoms. The van der Waals surface area contributed by atoms with E-state index in [1.807, 2.05) is 6.08 Å². The molecule has 4 rings (SSSR count). The Morgan fingerprint density at radius 1 is 1.19 bits per heavy atom. The van der Waals surface area contributed by atoms with E-state index in [0.29, 0.717) is 17.5 Å². The number of carbonyl (C=O) groups excluding carboxylic acids is 3. The van der Waals surface area contributed by atoms with Crippen LogP contribution in [0, 0.1) is 5.92 Å². The summed E-state index contributed by atoms with van der Waals surface area (Å²) < 4.78 is 5.26. The second-order valence-corrected chi connectivity index (χ2v) is 5.62. The topological polar surface area (TPSA) is 63.7 Å². The molecule has 106 valence electrons. The predicted octanol–water partition coefficient (Wildman–Crippen LogP) is 1.54. The third-order valence-electron chi connectivity index (χ3n) is 4.34. The number of benzene rings is 1. The van der Waals surface area contributed by atoms with E-state index in [4.69, 9.17) is 4.74 Å². The van der Waals surface area contributed by atoms with Crippen LogP contribution < -0.4 is 0 Å². The highest BCUT2D eigenvalue weighted by atomic mass is 16.5. The molecule has 21 heavy (non-hydrogen) atoms. The first kappa shape index (κ1) is 12.3. The molecule has 1 saturated carbocycles. The van der Waals surface area contributed by atoms with Crippen molar-refractivity contribution in [3.63, 3.8) is 0 Å². The highest BCUT2D eigenvalue weighted by Gasteiger charge is 2.54. The van der Waals surface area contributed by atoms with Gasteiger partial charge >= 0.3 is 5.97 Å². The van der Waals surface area contributed by atoms with E-state index in [1.165, 1.54) is 11.8 Å². The lowest BCUT2D eigenvalue weighted by Gasteiger charge is -2.22. The Balaban J connectivity index is 1.62. The molecule has 2 aliphatic carbocycles. The van der Waals surface area contributed by atoms with Crippen LogP contribution in [0.15, 0.2) is 35.9 Å². The number of fused-ring (bicyclic) bond motifs is 2. The summed E-state index contributed by atoms with van der Waals surface area (Å²) in [6.45, 7) is 1.37. The van der Waals surface area contributed by atoms with Crippen molar-refractivity contribution in [3.8, 4) is 0 Å². The molecule has 0 aromatic heterocycles. The highest BCUT2D eigenvalue weighted by molar-refractivity contribution is 6.21. The van der Waals surface area contributed by atoms with Crippen LogP contribution in [0.25, 0.3) is 0 Å². The summed E-state index contributed by atoms with van der Waals surface area (Å²) in [5.41, 5.74) is 1.95. The minimum Gasteiger partial charge on any atom is -0.461 e. The second-order valence-electron chi connectivity index (χ2n) is 5.62. The minimum absolute atomic E-state index is 0.100. The highest BCUT2D eigenvalue weighted by Crippen LogP contribution is 2.49. The number of ether oxygens (including phenoxy) is 1. The van der Waals surface area contributed by atoms with Gasteiger partial charge in [0.05, 0.1) is 17.2 Å². The average Bonchev–Trinajstić information content (AvgIpc) is 3.12. The Bertz CT molecular complexity index is 686. The van der Waals surface area contributed by atoms with Crippen molar-refractivity contribution in [1.82, 2.24) is 4.90 Å². The van der Waals surface area contributed by atoms with Gasteiger partial charge in [-0.15, -0.1) is 0 Å². The average molecular weight is 283 g/mol. The zero-order valence-corrected chi connectivity index (χ0v) is 11.4. The van der Waals surface area contributed by atoms with E-state index in [0.717, 1.165) is 5.57 Å². The monoisotopic (exact) mass is 283 g/mol. The number of carbonyl (C=O) groups is 3. The van der Waals surface area contributed by atoms with Gasteiger partial charge in [0.1, 0.15) is 6.10 Å². The van der Waals surface area contributed by atoms with Gasteiger partial charge in [-0.1, -0.05) is 18.2 Å². The Hall–Kier alpha value is -2.43. The first-order valence-electron chi connectivity index (χ1n) is 6.93. The summed E-state index contributed by atoms with van der Waals surface area (Å²) in [5, 5.41) is 0. The molecule has 3 atom stereocenters. The van der Waals surface area contributed by atoms with Crippen molar-refractivity contribution in [2.75, 3.05) is 0 Å². The maximum Gasteiger partial charge on any atom is 0.302 e. The van der Waals surface area contributed by atoms with Crippen molar-refractivity contribution in [2.45, 2.75) is 25.5 Å². The van der Waals surface area contributed by atoms with E-state index < -0.39 is 0 Å².